The van der Waals surface area contributed by atoms with Crippen LogP contribution in [-0.4, -0.2) is 46.7 Å². The largest absolute Gasteiger partial charge is 0.334 e. The van der Waals surface area contributed by atoms with Crippen LogP contribution in [0.3, 0.4) is 0 Å². The standard InChI is InChI=1S/C23H23FN2O3/c1-14-9-10-16(24)12-19(14)23(29)25-11-5-6-15(2)20(25)13-26-21(27)17-7-3-4-8-18(17)22(26)28/h3-4,7-10,12,15,20H,5-6,11,13H2,1-2H3. The molecule has 6 heteroatoms. The Morgan fingerprint density at radius 1 is 1.10 bits per heavy atom. The van der Waals surface area contributed by atoms with E-state index in [1.807, 2.05) is 6.92 Å². The first kappa shape index (κ1) is 19.3. The van der Waals surface area contributed by atoms with Crippen molar-refractivity contribution in [1.29, 1.82) is 0 Å². The molecule has 2 heterocycles. The SMILES string of the molecule is Cc1ccc(F)cc1C(=O)N1CCCC(C)C1CN1C(=O)c2ccccc2C1=O. The van der Waals surface area contributed by atoms with E-state index in [4.69, 9.17) is 0 Å². The molecule has 0 saturated carbocycles. The Morgan fingerprint density at radius 3 is 2.41 bits per heavy atom. The van der Waals surface area contributed by atoms with E-state index < -0.39 is 5.82 Å². The molecule has 3 amide bonds. The van der Waals surface area contributed by atoms with Crippen molar-refractivity contribution < 1.29 is 18.8 Å². The van der Waals surface area contributed by atoms with E-state index in [-0.39, 0.29) is 36.2 Å². The molecular formula is C23H23FN2O3. The number of rotatable bonds is 3. The highest BCUT2D eigenvalue weighted by molar-refractivity contribution is 6.21. The molecule has 0 N–H and O–H groups in total. The van der Waals surface area contributed by atoms with E-state index in [0.29, 0.717) is 28.8 Å². The van der Waals surface area contributed by atoms with E-state index in [0.717, 1.165) is 12.8 Å². The summed E-state index contributed by atoms with van der Waals surface area (Å²) < 4.78 is 13.8. The fourth-order valence-corrected chi connectivity index (χ4v) is 4.35. The molecule has 1 saturated heterocycles. The van der Waals surface area contributed by atoms with Crippen molar-refractivity contribution in [3.8, 4) is 0 Å². The number of piperidine rings is 1. The van der Waals surface area contributed by atoms with E-state index >= 15 is 0 Å². The lowest BCUT2D eigenvalue weighted by Crippen LogP contribution is -2.54. The number of hydrogen-bond acceptors (Lipinski definition) is 3. The predicted molar refractivity (Wildman–Crippen MR) is 106 cm³/mol. The summed E-state index contributed by atoms with van der Waals surface area (Å²) in [6.45, 7) is 4.47. The molecular weight excluding hydrogens is 371 g/mol. The van der Waals surface area contributed by atoms with Crippen molar-refractivity contribution >= 4 is 17.7 Å². The minimum atomic E-state index is -0.457. The highest BCUT2D eigenvalue weighted by Gasteiger charge is 2.41. The number of amides is 3. The minimum absolute atomic E-state index is 0.117. The molecule has 2 aromatic carbocycles. The fourth-order valence-electron chi connectivity index (χ4n) is 4.35. The quantitative estimate of drug-likeness (QED) is 0.747. The first-order valence-electron chi connectivity index (χ1n) is 9.91. The lowest BCUT2D eigenvalue weighted by atomic mass is 9.89. The number of aryl methyl sites for hydroxylation is 1. The maximum Gasteiger partial charge on any atom is 0.261 e. The average Bonchev–Trinajstić information content (AvgIpc) is 2.96. The Hall–Kier alpha value is -3.02. The summed E-state index contributed by atoms with van der Waals surface area (Å²) in [6.07, 6.45) is 1.74. The van der Waals surface area contributed by atoms with Gasteiger partial charge >= 0.3 is 0 Å². The zero-order valence-electron chi connectivity index (χ0n) is 16.5. The van der Waals surface area contributed by atoms with E-state index in [2.05, 4.69) is 0 Å². The first-order valence-corrected chi connectivity index (χ1v) is 9.91. The molecule has 1 fully saturated rings. The third-order valence-corrected chi connectivity index (χ3v) is 6.05. The van der Waals surface area contributed by atoms with Gasteiger partial charge in [-0.05, 0) is 55.5 Å². The number of hydrogen-bond donors (Lipinski definition) is 0. The van der Waals surface area contributed by atoms with Crippen molar-refractivity contribution in [3.05, 3.63) is 70.5 Å². The van der Waals surface area contributed by atoms with Crippen LogP contribution in [0.15, 0.2) is 42.5 Å². The van der Waals surface area contributed by atoms with Gasteiger partial charge in [-0.2, -0.15) is 0 Å². The number of likely N-dealkylation sites (tertiary alicyclic amines) is 1. The Kier molecular flexibility index (Phi) is 4.94. The summed E-state index contributed by atoms with van der Waals surface area (Å²) in [5, 5.41) is 0. The molecule has 0 bridgehead atoms. The van der Waals surface area contributed by atoms with Crippen LogP contribution in [-0.2, 0) is 0 Å². The summed E-state index contributed by atoms with van der Waals surface area (Å²) in [6, 6.07) is 10.7. The summed E-state index contributed by atoms with van der Waals surface area (Å²) >= 11 is 0. The highest BCUT2D eigenvalue weighted by atomic mass is 19.1. The smallest absolute Gasteiger partial charge is 0.261 e. The van der Waals surface area contributed by atoms with Gasteiger partial charge in [0.25, 0.3) is 17.7 Å². The number of carbonyl (C=O) groups excluding carboxylic acids is 3. The summed E-state index contributed by atoms with van der Waals surface area (Å²) in [5.74, 6) is -1.24. The number of carbonyl (C=O) groups is 3. The zero-order valence-corrected chi connectivity index (χ0v) is 16.5. The van der Waals surface area contributed by atoms with Crippen molar-refractivity contribution in [2.24, 2.45) is 5.92 Å². The average molecular weight is 394 g/mol. The summed E-state index contributed by atoms with van der Waals surface area (Å²) in [7, 11) is 0. The molecule has 4 rings (SSSR count). The van der Waals surface area contributed by atoms with Gasteiger partial charge in [-0.1, -0.05) is 25.1 Å². The van der Waals surface area contributed by atoms with Gasteiger partial charge in [0.1, 0.15) is 5.82 Å². The van der Waals surface area contributed by atoms with Crippen LogP contribution in [0.25, 0.3) is 0 Å². The third-order valence-electron chi connectivity index (χ3n) is 6.05. The lowest BCUT2D eigenvalue weighted by Gasteiger charge is -2.41. The van der Waals surface area contributed by atoms with Gasteiger partial charge in [-0.15, -0.1) is 0 Å². The second kappa shape index (κ2) is 7.43. The number of fused-ring (bicyclic) bond motifs is 1. The van der Waals surface area contributed by atoms with Crippen LogP contribution in [0, 0.1) is 18.7 Å². The van der Waals surface area contributed by atoms with Crippen LogP contribution >= 0.6 is 0 Å². The summed E-state index contributed by atoms with van der Waals surface area (Å²) in [5.41, 5.74) is 1.83. The van der Waals surface area contributed by atoms with E-state index in [9.17, 15) is 18.8 Å². The fraction of sp³-hybridized carbons (Fsp3) is 0.348. The van der Waals surface area contributed by atoms with Crippen molar-refractivity contribution in [1.82, 2.24) is 9.80 Å². The van der Waals surface area contributed by atoms with Crippen LogP contribution in [0.2, 0.25) is 0 Å². The second-order valence-electron chi connectivity index (χ2n) is 7.91. The van der Waals surface area contributed by atoms with Crippen LogP contribution in [0.5, 0.6) is 0 Å². The Morgan fingerprint density at radius 2 is 1.76 bits per heavy atom. The predicted octanol–water partition coefficient (Wildman–Crippen LogP) is 3.67. The molecule has 2 aromatic rings. The number of nitrogens with zero attached hydrogens (tertiary/aromatic N) is 2. The molecule has 2 aliphatic heterocycles. The molecule has 2 atom stereocenters. The van der Waals surface area contributed by atoms with Crippen LogP contribution in [0.1, 0.15) is 56.4 Å². The van der Waals surface area contributed by atoms with Gasteiger partial charge in [0, 0.05) is 12.1 Å². The van der Waals surface area contributed by atoms with Gasteiger partial charge in [-0.25, -0.2) is 4.39 Å². The molecule has 0 spiro atoms. The zero-order chi connectivity index (χ0) is 20.7. The van der Waals surface area contributed by atoms with Gasteiger partial charge in [0.05, 0.1) is 23.7 Å². The van der Waals surface area contributed by atoms with Gasteiger partial charge in [-0.3, -0.25) is 19.3 Å². The molecule has 2 unspecified atom stereocenters. The minimum Gasteiger partial charge on any atom is -0.334 e. The maximum absolute atomic E-state index is 13.8. The van der Waals surface area contributed by atoms with Gasteiger partial charge in [0.15, 0.2) is 0 Å². The lowest BCUT2D eigenvalue weighted by molar-refractivity contribution is 0.0368. The van der Waals surface area contributed by atoms with Crippen molar-refractivity contribution in [2.45, 2.75) is 32.7 Å². The third kappa shape index (κ3) is 3.33. The second-order valence-corrected chi connectivity index (χ2v) is 7.91. The Balaban J connectivity index is 1.63. The maximum atomic E-state index is 13.8. The number of imide groups is 1. The molecule has 5 nitrogen and oxygen atoms in total. The van der Waals surface area contributed by atoms with Crippen molar-refractivity contribution in [2.75, 3.05) is 13.1 Å². The van der Waals surface area contributed by atoms with Crippen molar-refractivity contribution in [3.63, 3.8) is 0 Å². The Labute approximate surface area is 169 Å². The van der Waals surface area contributed by atoms with E-state index in [1.54, 1.807) is 42.2 Å². The van der Waals surface area contributed by atoms with E-state index in [1.165, 1.54) is 17.0 Å². The Bertz CT molecular complexity index is 968. The number of benzene rings is 2. The first-order chi connectivity index (χ1) is 13.9. The molecule has 0 radical (unpaired) electrons. The van der Waals surface area contributed by atoms with Crippen LogP contribution in [0.4, 0.5) is 4.39 Å². The molecule has 0 aliphatic carbocycles. The van der Waals surface area contributed by atoms with Gasteiger partial charge in [0.2, 0.25) is 0 Å². The highest BCUT2D eigenvalue weighted by Crippen LogP contribution is 2.30. The summed E-state index contributed by atoms with van der Waals surface area (Å²) in [4.78, 5) is 41.8. The normalized spacial score (nSPS) is 21.5. The topological polar surface area (TPSA) is 57.7 Å². The monoisotopic (exact) mass is 394 g/mol. The molecule has 29 heavy (non-hydrogen) atoms. The molecule has 0 aromatic heterocycles. The van der Waals surface area contributed by atoms with Gasteiger partial charge < -0.3 is 4.90 Å². The molecule has 150 valence electrons. The van der Waals surface area contributed by atoms with Crippen LogP contribution < -0.4 is 0 Å². The number of halogens is 1. The molecule has 2 aliphatic rings.